The Hall–Kier alpha value is -2.06. The molecular formula is C17H16Br2N2O4. The predicted octanol–water partition coefficient (Wildman–Crippen LogP) is 3.77. The molecule has 2 rings (SSSR count). The van der Waals surface area contributed by atoms with Gasteiger partial charge >= 0.3 is 0 Å². The molecule has 0 saturated heterocycles. The summed E-state index contributed by atoms with van der Waals surface area (Å²) in [6, 6.07) is 7.04. The average molecular weight is 472 g/mol. The number of carbonyl (C=O) groups excluding carboxylic acids is 1. The van der Waals surface area contributed by atoms with Crippen molar-refractivity contribution in [2.24, 2.45) is 5.10 Å². The van der Waals surface area contributed by atoms with Crippen LogP contribution in [0.1, 0.15) is 16.7 Å². The molecule has 0 saturated carbocycles. The van der Waals surface area contributed by atoms with Crippen LogP contribution in [0.3, 0.4) is 0 Å². The summed E-state index contributed by atoms with van der Waals surface area (Å²) in [5, 5.41) is 23.3. The van der Waals surface area contributed by atoms with Crippen LogP contribution in [0.15, 0.2) is 38.3 Å². The summed E-state index contributed by atoms with van der Waals surface area (Å²) in [6.07, 6.45) is 1.26. The zero-order valence-electron chi connectivity index (χ0n) is 13.5. The SMILES string of the molecule is Cc1ccc(OCC(=O)N/N=C\c2cc(Br)c(O)c(Br)c2O)cc1C. The van der Waals surface area contributed by atoms with Crippen molar-refractivity contribution in [3.63, 3.8) is 0 Å². The molecule has 0 atom stereocenters. The Labute approximate surface area is 161 Å². The summed E-state index contributed by atoms with van der Waals surface area (Å²) in [7, 11) is 0. The van der Waals surface area contributed by atoms with E-state index in [1.54, 1.807) is 6.07 Å². The summed E-state index contributed by atoms with van der Waals surface area (Å²) >= 11 is 6.22. The third-order valence-corrected chi connectivity index (χ3v) is 4.79. The molecular weight excluding hydrogens is 456 g/mol. The van der Waals surface area contributed by atoms with Crippen LogP contribution in [0.2, 0.25) is 0 Å². The molecule has 3 N–H and O–H groups in total. The first-order valence-electron chi connectivity index (χ1n) is 7.21. The van der Waals surface area contributed by atoms with E-state index < -0.39 is 5.91 Å². The van der Waals surface area contributed by atoms with Gasteiger partial charge in [-0.15, -0.1) is 0 Å². The minimum Gasteiger partial charge on any atom is -0.506 e. The van der Waals surface area contributed by atoms with Crippen molar-refractivity contribution in [2.45, 2.75) is 13.8 Å². The lowest BCUT2D eigenvalue weighted by Gasteiger charge is -2.08. The number of phenols is 2. The number of nitrogens with zero attached hydrogens (tertiary/aromatic N) is 1. The maximum absolute atomic E-state index is 11.8. The van der Waals surface area contributed by atoms with E-state index in [-0.39, 0.29) is 22.6 Å². The van der Waals surface area contributed by atoms with E-state index in [0.29, 0.717) is 15.8 Å². The first kappa shape index (κ1) is 19.3. The Bertz CT molecular complexity index is 838. The molecule has 2 aromatic carbocycles. The third-order valence-electron chi connectivity index (χ3n) is 3.44. The van der Waals surface area contributed by atoms with Gasteiger partial charge in [-0.1, -0.05) is 6.07 Å². The van der Waals surface area contributed by atoms with Gasteiger partial charge in [-0.25, -0.2) is 5.43 Å². The second kappa shape index (κ2) is 8.35. The van der Waals surface area contributed by atoms with Crippen molar-refractivity contribution in [2.75, 3.05) is 6.61 Å². The quantitative estimate of drug-likeness (QED) is 0.457. The Balaban J connectivity index is 1.93. The highest BCUT2D eigenvalue weighted by atomic mass is 79.9. The first-order chi connectivity index (χ1) is 11.8. The van der Waals surface area contributed by atoms with Crippen LogP contribution < -0.4 is 10.2 Å². The molecule has 2 aromatic rings. The smallest absolute Gasteiger partial charge is 0.277 e. The number of hydrogen-bond donors (Lipinski definition) is 3. The summed E-state index contributed by atoms with van der Waals surface area (Å²) in [5.41, 5.74) is 4.85. The van der Waals surface area contributed by atoms with E-state index in [1.807, 2.05) is 26.0 Å². The lowest BCUT2D eigenvalue weighted by molar-refractivity contribution is -0.123. The number of aromatic hydroxyl groups is 2. The highest BCUT2D eigenvalue weighted by molar-refractivity contribution is 9.11. The molecule has 0 aliphatic carbocycles. The lowest BCUT2D eigenvalue weighted by atomic mass is 10.1. The fraction of sp³-hybridized carbons (Fsp3) is 0.176. The van der Waals surface area contributed by atoms with Crippen LogP contribution in [-0.2, 0) is 4.79 Å². The second-order valence-electron chi connectivity index (χ2n) is 5.29. The topological polar surface area (TPSA) is 91.2 Å². The van der Waals surface area contributed by atoms with E-state index >= 15 is 0 Å². The highest BCUT2D eigenvalue weighted by Crippen LogP contribution is 2.40. The maximum Gasteiger partial charge on any atom is 0.277 e. The van der Waals surface area contributed by atoms with Crippen LogP contribution in [-0.4, -0.2) is 28.9 Å². The van der Waals surface area contributed by atoms with E-state index in [4.69, 9.17) is 4.74 Å². The van der Waals surface area contributed by atoms with Crippen molar-refractivity contribution in [1.29, 1.82) is 0 Å². The number of nitrogens with one attached hydrogen (secondary N) is 1. The third kappa shape index (κ3) is 4.96. The fourth-order valence-corrected chi connectivity index (χ4v) is 3.03. The molecule has 0 fully saturated rings. The minimum absolute atomic E-state index is 0.125. The van der Waals surface area contributed by atoms with E-state index in [0.717, 1.165) is 11.1 Å². The van der Waals surface area contributed by atoms with Crippen molar-refractivity contribution < 1.29 is 19.7 Å². The molecule has 0 bridgehead atoms. The molecule has 0 aromatic heterocycles. The second-order valence-corrected chi connectivity index (χ2v) is 6.93. The molecule has 0 heterocycles. The number of aryl methyl sites for hydroxylation is 2. The van der Waals surface area contributed by atoms with Crippen LogP contribution >= 0.6 is 31.9 Å². The summed E-state index contributed by atoms with van der Waals surface area (Å²) in [4.78, 5) is 11.8. The van der Waals surface area contributed by atoms with E-state index in [9.17, 15) is 15.0 Å². The van der Waals surface area contributed by atoms with E-state index in [2.05, 4.69) is 42.4 Å². The number of hydrazone groups is 1. The number of rotatable bonds is 5. The monoisotopic (exact) mass is 470 g/mol. The molecule has 0 radical (unpaired) electrons. The van der Waals surface area contributed by atoms with Gasteiger partial charge in [0.1, 0.15) is 21.7 Å². The lowest BCUT2D eigenvalue weighted by Crippen LogP contribution is -2.24. The number of hydrogen-bond acceptors (Lipinski definition) is 5. The molecule has 1 amide bonds. The largest absolute Gasteiger partial charge is 0.506 e. The van der Waals surface area contributed by atoms with Gasteiger partial charge in [0.05, 0.1) is 10.7 Å². The van der Waals surface area contributed by atoms with Crippen LogP contribution in [0, 0.1) is 13.8 Å². The van der Waals surface area contributed by atoms with E-state index in [1.165, 1.54) is 12.3 Å². The van der Waals surface area contributed by atoms with Gasteiger partial charge in [-0.05, 0) is 75.0 Å². The molecule has 0 spiro atoms. The molecule has 8 heteroatoms. The summed E-state index contributed by atoms with van der Waals surface area (Å²) in [6.45, 7) is 3.78. The predicted molar refractivity (Wildman–Crippen MR) is 102 cm³/mol. The number of benzene rings is 2. The van der Waals surface area contributed by atoms with Gasteiger partial charge in [0, 0.05) is 5.56 Å². The maximum atomic E-state index is 11.8. The van der Waals surface area contributed by atoms with Gasteiger partial charge in [-0.3, -0.25) is 4.79 Å². The standard InChI is InChI=1S/C17H16Br2N2O4/c1-9-3-4-12(5-10(9)2)25-8-14(22)21-20-7-11-6-13(18)17(24)15(19)16(11)23/h3-7,23-24H,8H2,1-2H3,(H,21,22)/b20-7-. The zero-order chi connectivity index (χ0) is 18.6. The Morgan fingerprint density at radius 3 is 2.60 bits per heavy atom. The van der Waals surface area contributed by atoms with Gasteiger partial charge < -0.3 is 14.9 Å². The molecule has 0 unspecified atom stereocenters. The molecule has 0 aliphatic rings. The Morgan fingerprint density at radius 2 is 1.92 bits per heavy atom. The summed E-state index contributed by atoms with van der Waals surface area (Å²) in [5.74, 6) is -0.150. The highest BCUT2D eigenvalue weighted by Gasteiger charge is 2.12. The van der Waals surface area contributed by atoms with Gasteiger partial charge in [0.2, 0.25) is 0 Å². The average Bonchev–Trinajstić information content (AvgIpc) is 2.58. The van der Waals surface area contributed by atoms with Gasteiger partial charge in [0.25, 0.3) is 5.91 Å². The number of phenolic OH excluding ortho intramolecular Hbond substituents is 2. The van der Waals surface area contributed by atoms with Crippen molar-refractivity contribution >= 4 is 44.0 Å². The van der Waals surface area contributed by atoms with Crippen LogP contribution in [0.5, 0.6) is 17.2 Å². The summed E-state index contributed by atoms with van der Waals surface area (Å²) < 4.78 is 5.91. The number of carbonyl (C=O) groups is 1. The van der Waals surface area contributed by atoms with Gasteiger partial charge in [-0.2, -0.15) is 5.10 Å². The first-order valence-corrected chi connectivity index (χ1v) is 8.80. The molecule has 6 nitrogen and oxygen atoms in total. The zero-order valence-corrected chi connectivity index (χ0v) is 16.7. The van der Waals surface area contributed by atoms with Crippen molar-refractivity contribution in [3.05, 3.63) is 49.9 Å². The molecule has 132 valence electrons. The number of halogens is 2. The van der Waals surface area contributed by atoms with Crippen molar-refractivity contribution in [3.8, 4) is 17.2 Å². The van der Waals surface area contributed by atoms with Crippen LogP contribution in [0.4, 0.5) is 0 Å². The molecule has 25 heavy (non-hydrogen) atoms. The number of amides is 1. The Kier molecular flexibility index (Phi) is 6.44. The minimum atomic E-state index is -0.439. The normalized spacial score (nSPS) is 10.9. The van der Waals surface area contributed by atoms with Crippen LogP contribution in [0.25, 0.3) is 0 Å². The van der Waals surface area contributed by atoms with Gasteiger partial charge in [0.15, 0.2) is 6.61 Å². The fourth-order valence-electron chi connectivity index (χ4n) is 1.87. The number of ether oxygens (including phenoxy) is 1. The van der Waals surface area contributed by atoms with Crippen molar-refractivity contribution in [1.82, 2.24) is 5.43 Å². The molecule has 0 aliphatic heterocycles. The Morgan fingerprint density at radius 1 is 1.20 bits per heavy atom.